The van der Waals surface area contributed by atoms with Crippen LogP contribution in [0.4, 0.5) is 5.69 Å². The maximum Gasteiger partial charge on any atom is 0.170 e. The first-order valence-electron chi connectivity index (χ1n) is 7.09. The second-order valence-corrected chi connectivity index (χ2v) is 6.14. The average molecular weight is 316 g/mol. The van der Waals surface area contributed by atoms with Crippen molar-refractivity contribution in [1.29, 1.82) is 0 Å². The smallest absolute Gasteiger partial charge is 0.170 e. The van der Waals surface area contributed by atoms with Crippen molar-refractivity contribution < 1.29 is 0 Å². The molecule has 4 heteroatoms. The summed E-state index contributed by atoms with van der Waals surface area (Å²) in [5.41, 5.74) is 2.33. The minimum Gasteiger partial charge on any atom is -0.362 e. The molecule has 0 aliphatic carbocycles. The SMILES string of the molecule is CCCNC(=S)Nc1ccc(CSc2ccccc2)cc1. The molecular weight excluding hydrogens is 296 g/mol. The molecule has 2 N–H and O–H groups in total. The largest absolute Gasteiger partial charge is 0.362 e. The Hall–Kier alpha value is -1.52. The fourth-order valence-corrected chi connectivity index (χ4v) is 2.88. The zero-order valence-corrected chi connectivity index (χ0v) is 13.8. The first-order valence-corrected chi connectivity index (χ1v) is 8.49. The van der Waals surface area contributed by atoms with Gasteiger partial charge in [-0.1, -0.05) is 37.3 Å². The Labute approximate surface area is 136 Å². The molecule has 0 saturated heterocycles. The third-order valence-electron chi connectivity index (χ3n) is 2.90. The summed E-state index contributed by atoms with van der Waals surface area (Å²) in [6, 6.07) is 18.9. The van der Waals surface area contributed by atoms with E-state index in [2.05, 4.69) is 66.1 Å². The molecule has 2 rings (SSSR count). The number of rotatable bonds is 6. The van der Waals surface area contributed by atoms with Gasteiger partial charge in [0.05, 0.1) is 0 Å². The molecule has 2 aromatic rings. The van der Waals surface area contributed by atoms with Gasteiger partial charge in [0.15, 0.2) is 5.11 Å². The van der Waals surface area contributed by atoms with Gasteiger partial charge < -0.3 is 10.6 Å². The lowest BCUT2D eigenvalue weighted by molar-refractivity contribution is 0.846. The van der Waals surface area contributed by atoms with Gasteiger partial charge in [-0.25, -0.2) is 0 Å². The minimum absolute atomic E-state index is 0.684. The van der Waals surface area contributed by atoms with Gasteiger partial charge in [0.25, 0.3) is 0 Å². The van der Waals surface area contributed by atoms with Crippen molar-refractivity contribution in [3.63, 3.8) is 0 Å². The van der Waals surface area contributed by atoms with E-state index >= 15 is 0 Å². The molecule has 0 radical (unpaired) electrons. The van der Waals surface area contributed by atoms with Crippen LogP contribution in [0.3, 0.4) is 0 Å². The van der Waals surface area contributed by atoms with Gasteiger partial charge in [-0.3, -0.25) is 0 Å². The highest BCUT2D eigenvalue weighted by Gasteiger charge is 1.99. The molecule has 110 valence electrons. The van der Waals surface area contributed by atoms with Crippen molar-refractivity contribution >= 4 is 34.8 Å². The molecule has 2 aromatic carbocycles. The molecule has 0 fully saturated rings. The minimum atomic E-state index is 0.684. The van der Waals surface area contributed by atoms with E-state index in [0.717, 1.165) is 24.4 Å². The quantitative estimate of drug-likeness (QED) is 0.597. The Kier molecular flexibility index (Phi) is 6.57. The van der Waals surface area contributed by atoms with E-state index in [1.54, 1.807) is 0 Å². The maximum absolute atomic E-state index is 5.22. The van der Waals surface area contributed by atoms with Crippen molar-refractivity contribution in [2.45, 2.75) is 24.0 Å². The van der Waals surface area contributed by atoms with Crippen molar-refractivity contribution in [3.05, 3.63) is 60.2 Å². The van der Waals surface area contributed by atoms with Crippen LogP contribution >= 0.6 is 24.0 Å². The summed E-state index contributed by atoms with van der Waals surface area (Å²) >= 11 is 7.07. The normalized spacial score (nSPS) is 10.1. The van der Waals surface area contributed by atoms with Crippen LogP contribution in [-0.4, -0.2) is 11.7 Å². The molecule has 0 aliphatic rings. The summed E-state index contributed by atoms with van der Waals surface area (Å²) in [7, 11) is 0. The van der Waals surface area contributed by atoms with Gasteiger partial charge in [0, 0.05) is 22.9 Å². The van der Waals surface area contributed by atoms with Gasteiger partial charge in [-0.2, -0.15) is 0 Å². The monoisotopic (exact) mass is 316 g/mol. The molecule has 2 nitrogen and oxygen atoms in total. The molecule has 0 unspecified atom stereocenters. The van der Waals surface area contributed by atoms with Gasteiger partial charge in [-0.15, -0.1) is 11.8 Å². The molecule has 0 spiro atoms. The molecule has 0 heterocycles. The molecule has 0 amide bonds. The lowest BCUT2D eigenvalue weighted by atomic mass is 10.2. The van der Waals surface area contributed by atoms with E-state index in [4.69, 9.17) is 12.2 Å². The van der Waals surface area contributed by atoms with Gasteiger partial charge in [-0.05, 0) is 48.5 Å². The van der Waals surface area contributed by atoms with Crippen molar-refractivity contribution in [1.82, 2.24) is 5.32 Å². The van der Waals surface area contributed by atoms with Crippen LogP contribution in [0.5, 0.6) is 0 Å². The van der Waals surface area contributed by atoms with Crippen LogP contribution in [0.1, 0.15) is 18.9 Å². The Balaban J connectivity index is 1.83. The van der Waals surface area contributed by atoms with E-state index in [1.165, 1.54) is 10.5 Å². The van der Waals surface area contributed by atoms with Crippen LogP contribution in [0, 0.1) is 0 Å². The molecule has 21 heavy (non-hydrogen) atoms. The Bertz CT molecular complexity index is 553. The lowest BCUT2D eigenvalue weighted by Gasteiger charge is -2.10. The predicted molar refractivity (Wildman–Crippen MR) is 97.0 cm³/mol. The van der Waals surface area contributed by atoms with Gasteiger partial charge in [0.1, 0.15) is 0 Å². The summed E-state index contributed by atoms with van der Waals surface area (Å²) in [6.45, 7) is 3.02. The van der Waals surface area contributed by atoms with Gasteiger partial charge >= 0.3 is 0 Å². The number of hydrogen-bond donors (Lipinski definition) is 2. The number of benzene rings is 2. The van der Waals surface area contributed by atoms with Crippen molar-refractivity contribution in [2.75, 3.05) is 11.9 Å². The Morgan fingerprint density at radius 2 is 1.76 bits per heavy atom. The molecular formula is C17H20N2S2. The molecule has 0 aliphatic heterocycles. The van der Waals surface area contributed by atoms with Crippen molar-refractivity contribution in [2.24, 2.45) is 0 Å². The average Bonchev–Trinajstić information content (AvgIpc) is 2.53. The first-order chi connectivity index (χ1) is 10.3. The lowest BCUT2D eigenvalue weighted by Crippen LogP contribution is -2.28. The fraction of sp³-hybridized carbons (Fsp3) is 0.235. The summed E-state index contributed by atoms with van der Waals surface area (Å²) < 4.78 is 0. The number of hydrogen-bond acceptors (Lipinski definition) is 2. The number of thioether (sulfide) groups is 1. The second kappa shape index (κ2) is 8.70. The summed E-state index contributed by atoms with van der Waals surface area (Å²) in [6.07, 6.45) is 1.07. The molecule has 0 aromatic heterocycles. The Morgan fingerprint density at radius 1 is 1.05 bits per heavy atom. The molecule has 0 atom stereocenters. The van der Waals surface area contributed by atoms with E-state index in [-0.39, 0.29) is 0 Å². The fourth-order valence-electron chi connectivity index (χ4n) is 1.78. The summed E-state index contributed by atoms with van der Waals surface area (Å²) in [5.74, 6) is 0.975. The highest BCUT2D eigenvalue weighted by Crippen LogP contribution is 2.22. The van der Waals surface area contributed by atoms with E-state index in [9.17, 15) is 0 Å². The highest BCUT2D eigenvalue weighted by molar-refractivity contribution is 7.98. The van der Waals surface area contributed by atoms with Crippen LogP contribution in [0.15, 0.2) is 59.5 Å². The first kappa shape index (κ1) is 15.9. The number of thiocarbonyl (C=S) groups is 1. The predicted octanol–water partition coefficient (Wildman–Crippen LogP) is 4.68. The number of anilines is 1. The van der Waals surface area contributed by atoms with E-state index < -0.39 is 0 Å². The Morgan fingerprint density at radius 3 is 2.43 bits per heavy atom. The van der Waals surface area contributed by atoms with Crippen LogP contribution in [0.25, 0.3) is 0 Å². The maximum atomic E-state index is 5.22. The summed E-state index contributed by atoms with van der Waals surface area (Å²) in [5, 5.41) is 7.03. The van der Waals surface area contributed by atoms with Gasteiger partial charge in [0.2, 0.25) is 0 Å². The molecule has 0 bridgehead atoms. The third kappa shape index (κ3) is 5.78. The molecule has 0 saturated carbocycles. The van der Waals surface area contributed by atoms with Crippen molar-refractivity contribution in [3.8, 4) is 0 Å². The second-order valence-electron chi connectivity index (χ2n) is 4.68. The highest BCUT2D eigenvalue weighted by atomic mass is 32.2. The standard InChI is InChI=1S/C17H20N2S2/c1-2-12-18-17(20)19-15-10-8-14(9-11-15)13-21-16-6-4-3-5-7-16/h3-11H,2,12-13H2,1H3,(H2,18,19,20). The van der Waals surface area contributed by atoms with Crippen LogP contribution in [-0.2, 0) is 5.75 Å². The van der Waals surface area contributed by atoms with Crippen LogP contribution < -0.4 is 10.6 Å². The topological polar surface area (TPSA) is 24.1 Å². The van der Waals surface area contributed by atoms with E-state index in [0.29, 0.717) is 5.11 Å². The summed E-state index contributed by atoms with van der Waals surface area (Å²) in [4.78, 5) is 1.30. The zero-order chi connectivity index (χ0) is 14.9. The van der Waals surface area contributed by atoms with E-state index in [1.807, 2.05) is 17.8 Å². The number of nitrogens with one attached hydrogen (secondary N) is 2. The van der Waals surface area contributed by atoms with Crippen LogP contribution in [0.2, 0.25) is 0 Å². The zero-order valence-electron chi connectivity index (χ0n) is 12.1. The third-order valence-corrected chi connectivity index (χ3v) is 4.23.